The quantitative estimate of drug-likeness (QED) is 0.784. The second-order valence-corrected chi connectivity index (χ2v) is 7.32. The Morgan fingerprint density at radius 3 is 2.50 bits per heavy atom. The van der Waals surface area contributed by atoms with E-state index in [1.165, 1.54) is 10.7 Å². The van der Waals surface area contributed by atoms with E-state index in [0.717, 1.165) is 30.7 Å². The second kappa shape index (κ2) is 8.78. The predicted octanol–water partition coefficient (Wildman–Crippen LogP) is 2.38. The minimum atomic E-state index is -0.308. The van der Waals surface area contributed by atoms with Crippen molar-refractivity contribution in [3.63, 3.8) is 0 Å². The Bertz CT molecular complexity index is 807. The van der Waals surface area contributed by atoms with Crippen LogP contribution < -0.4 is 10.9 Å². The van der Waals surface area contributed by atoms with Gasteiger partial charge in [-0.05, 0) is 45.2 Å². The van der Waals surface area contributed by atoms with Gasteiger partial charge in [-0.15, -0.1) is 5.10 Å². The molecule has 0 aliphatic heterocycles. The number of hydrogen-bond donors (Lipinski definition) is 1. The summed E-state index contributed by atoms with van der Waals surface area (Å²) in [6, 6.07) is 5.04. The molecule has 2 aromatic rings. The van der Waals surface area contributed by atoms with E-state index >= 15 is 0 Å². The van der Waals surface area contributed by atoms with Gasteiger partial charge in [0.05, 0.1) is 5.69 Å². The summed E-state index contributed by atoms with van der Waals surface area (Å²) in [7, 11) is 0. The van der Waals surface area contributed by atoms with Gasteiger partial charge in [0.1, 0.15) is 6.54 Å². The van der Waals surface area contributed by atoms with E-state index in [4.69, 9.17) is 0 Å². The molecule has 1 unspecified atom stereocenters. The fraction of sp³-hybridized carbons (Fsp3) is 0.579. The van der Waals surface area contributed by atoms with Crippen molar-refractivity contribution >= 4 is 5.91 Å². The molecule has 0 radical (unpaired) electrons. The number of nitrogens with zero attached hydrogens (tertiary/aromatic N) is 4. The third kappa shape index (κ3) is 5.54. The molecule has 0 aliphatic rings. The number of hydrogen-bond acceptors (Lipinski definition) is 4. The molecule has 1 N–H and O–H groups in total. The van der Waals surface area contributed by atoms with Gasteiger partial charge in [0.25, 0.3) is 5.56 Å². The highest BCUT2D eigenvalue weighted by atomic mass is 16.2. The van der Waals surface area contributed by atoms with Crippen LogP contribution in [0.2, 0.25) is 0 Å². The Morgan fingerprint density at radius 2 is 1.88 bits per heavy atom. The van der Waals surface area contributed by atoms with Crippen LogP contribution in [0.4, 0.5) is 0 Å². The lowest BCUT2D eigenvalue weighted by Crippen LogP contribution is -2.38. The highest BCUT2D eigenvalue weighted by Crippen LogP contribution is 2.09. The molecule has 0 bridgehead atoms. The SMILES string of the molecule is Cc1cc(C)n(-c2ccc(=O)n(CC(=O)NC(C)CCCC(C)C)n2)n1. The first kappa shape index (κ1) is 19.9. The first-order valence-corrected chi connectivity index (χ1v) is 9.17. The largest absolute Gasteiger partial charge is 0.352 e. The lowest BCUT2D eigenvalue weighted by atomic mass is 10.0. The smallest absolute Gasteiger partial charge is 0.267 e. The molecule has 7 heteroatoms. The van der Waals surface area contributed by atoms with E-state index in [9.17, 15) is 9.59 Å². The van der Waals surface area contributed by atoms with Gasteiger partial charge in [0.15, 0.2) is 5.82 Å². The monoisotopic (exact) mass is 359 g/mol. The molecule has 0 spiro atoms. The number of nitrogens with one attached hydrogen (secondary N) is 1. The number of aromatic nitrogens is 4. The van der Waals surface area contributed by atoms with Gasteiger partial charge in [-0.2, -0.15) is 5.10 Å². The van der Waals surface area contributed by atoms with Crippen LogP contribution in [-0.2, 0) is 11.3 Å². The summed E-state index contributed by atoms with van der Waals surface area (Å²) in [4.78, 5) is 24.3. The first-order chi connectivity index (χ1) is 12.3. The molecule has 26 heavy (non-hydrogen) atoms. The molecule has 0 aromatic carbocycles. The highest BCUT2D eigenvalue weighted by molar-refractivity contribution is 5.75. The van der Waals surface area contributed by atoms with Crippen LogP contribution in [0.1, 0.15) is 51.4 Å². The average molecular weight is 359 g/mol. The van der Waals surface area contributed by atoms with Crippen LogP contribution in [0.5, 0.6) is 0 Å². The zero-order valence-electron chi connectivity index (χ0n) is 16.3. The number of carbonyl (C=O) groups excluding carboxylic acids is 1. The molecule has 0 saturated carbocycles. The fourth-order valence-electron chi connectivity index (χ4n) is 2.89. The predicted molar refractivity (Wildman–Crippen MR) is 101 cm³/mol. The lowest BCUT2D eigenvalue weighted by molar-refractivity contribution is -0.122. The average Bonchev–Trinajstić information content (AvgIpc) is 2.87. The van der Waals surface area contributed by atoms with Crippen molar-refractivity contribution < 1.29 is 4.79 Å². The van der Waals surface area contributed by atoms with Crippen LogP contribution in [0.3, 0.4) is 0 Å². The number of amides is 1. The van der Waals surface area contributed by atoms with E-state index in [0.29, 0.717) is 11.7 Å². The minimum absolute atomic E-state index is 0.0798. The molecular weight excluding hydrogens is 330 g/mol. The van der Waals surface area contributed by atoms with E-state index in [1.807, 2.05) is 26.8 Å². The third-order valence-electron chi connectivity index (χ3n) is 4.20. The van der Waals surface area contributed by atoms with Crippen LogP contribution in [0.25, 0.3) is 5.82 Å². The van der Waals surface area contributed by atoms with Crippen LogP contribution >= 0.6 is 0 Å². The van der Waals surface area contributed by atoms with Crippen LogP contribution in [-0.4, -0.2) is 31.5 Å². The summed E-state index contributed by atoms with van der Waals surface area (Å²) in [5, 5.41) is 11.6. The number of rotatable bonds is 8. The van der Waals surface area contributed by atoms with Crippen molar-refractivity contribution in [3.05, 3.63) is 39.9 Å². The fourth-order valence-corrected chi connectivity index (χ4v) is 2.89. The maximum absolute atomic E-state index is 12.3. The molecular formula is C19H29N5O2. The van der Waals surface area contributed by atoms with Gasteiger partial charge in [0.2, 0.25) is 5.91 Å². The molecule has 0 saturated heterocycles. The Hall–Kier alpha value is -2.44. The van der Waals surface area contributed by atoms with E-state index in [2.05, 4.69) is 29.4 Å². The van der Waals surface area contributed by atoms with Gasteiger partial charge < -0.3 is 5.32 Å². The zero-order chi connectivity index (χ0) is 19.3. The van der Waals surface area contributed by atoms with Crippen molar-refractivity contribution in [1.29, 1.82) is 0 Å². The molecule has 1 amide bonds. The van der Waals surface area contributed by atoms with E-state index in [1.54, 1.807) is 10.7 Å². The van der Waals surface area contributed by atoms with Gasteiger partial charge in [0, 0.05) is 17.8 Å². The van der Waals surface area contributed by atoms with Gasteiger partial charge >= 0.3 is 0 Å². The Balaban J connectivity index is 2.02. The third-order valence-corrected chi connectivity index (χ3v) is 4.20. The molecule has 2 heterocycles. The maximum Gasteiger partial charge on any atom is 0.267 e. The normalized spacial score (nSPS) is 12.4. The minimum Gasteiger partial charge on any atom is -0.352 e. The van der Waals surface area contributed by atoms with Crippen molar-refractivity contribution in [1.82, 2.24) is 24.9 Å². The van der Waals surface area contributed by atoms with E-state index in [-0.39, 0.29) is 24.1 Å². The number of carbonyl (C=O) groups is 1. The summed E-state index contributed by atoms with van der Waals surface area (Å²) < 4.78 is 2.85. The van der Waals surface area contributed by atoms with Gasteiger partial charge in [-0.25, -0.2) is 9.36 Å². The summed E-state index contributed by atoms with van der Waals surface area (Å²) in [6.45, 7) is 10.1. The summed E-state index contributed by atoms with van der Waals surface area (Å²) in [5.74, 6) is 0.980. The molecule has 7 nitrogen and oxygen atoms in total. The lowest BCUT2D eigenvalue weighted by Gasteiger charge is -2.15. The molecule has 142 valence electrons. The first-order valence-electron chi connectivity index (χ1n) is 9.17. The van der Waals surface area contributed by atoms with Crippen molar-refractivity contribution in [2.45, 2.75) is 66.5 Å². The van der Waals surface area contributed by atoms with Crippen molar-refractivity contribution in [2.24, 2.45) is 5.92 Å². The topological polar surface area (TPSA) is 81.8 Å². The molecule has 2 rings (SSSR count). The number of aryl methyl sites for hydroxylation is 2. The zero-order valence-corrected chi connectivity index (χ0v) is 16.3. The summed E-state index contributed by atoms with van der Waals surface area (Å²) in [6.07, 6.45) is 3.15. The molecule has 0 fully saturated rings. The van der Waals surface area contributed by atoms with E-state index < -0.39 is 0 Å². The van der Waals surface area contributed by atoms with Crippen molar-refractivity contribution in [2.75, 3.05) is 0 Å². The summed E-state index contributed by atoms with van der Waals surface area (Å²) in [5.41, 5.74) is 1.48. The standard InChI is InChI=1S/C19H29N5O2/c1-13(2)7-6-8-14(3)20-18(25)12-23-19(26)10-9-17(22-23)24-16(5)11-15(4)21-24/h9-11,13-14H,6-8,12H2,1-5H3,(H,20,25). The molecule has 0 aliphatic carbocycles. The van der Waals surface area contributed by atoms with Crippen molar-refractivity contribution in [3.8, 4) is 5.82 Å². The highest BCUT2D eigenvalue weighted by Gasteiger charge is 2.12. The Labute approximate surface area is 154 Å². The Morgan fingerprint density at radius 1 is 1.15 bits per heavy atom. The maximum atomic E-state index is 12.3. The Kier molecular flexibility index (Phi) is 6.71. The summed E-state index contributed by atoms with van der Waals surface area (Å²) >= 11 is 0. The molecule has 2 aromatic heterocycles. The van der Waals surface area contributed by atoms with Crippen LogP contribution in [0, 0.1) is 19.8 Å². The second-order valence-electron chi connectivity index (χ2n) is 7.32. The van der Waals surface area contributed by atoms with Gasteiger partial charge in [-0.3, -0.25) is 9.59 Å². The van der Waals surface area contributed by atoms with Crippen LogP contribution in [0.15, 0.2) is 23.0 Å². The molecule has 1 atom stereocenters. The van der Waals surface area contributed by atoms with Gasteiger partial charge in [-0.1, -0.05) is 26.7 Å².